The molecule has 0 aliphatic rings. The Hall–Kier alpha value is -2.30. The van der Waals surface area contributed by atoms with Crippen LogP contribution in [0.1, 0.15) is 0 Å². The molecule has 1 rings (SSSR count). The maximum atomic E-state index is 11.1. The number of hydrogen-bond acceptors (Lipinski definition) is 4. The van der Waals surface area contributed by atoms with Gasteiger partial charge in [0.05, 0.1) is 5.69 Å². The molecule has 1 amide bonds. The zero-order valence-electron chi connectivity index (χ0n) is 7.68. The van der Waals surface area contributed by atoms with Crippen molar-refractivity contribution in [1.82, 2.24) is 0 Å². The number of amides is 1. The number of rotatable bonds is 3. The molecule has 0 aliphatic carbocycles. The minimum atomic E-state index is -0.539. The fourth-order valence-electron chi connectivity index (χ4n) is 0.927. The Morgan fingerprint density at radius 2 is 2.07 bits per heavy atom. The molecule has 0 radical (unpaired) electrons. The van der Waals surface area contributed by atoms with Crippen molar-refractivity contribution in [3.63, 3.8) is 0 Å². The zero-order valence-corrected chi connectivity index (χ0v) is 7.68. The smallest absolute Gasteiger partial charge is 0.248 e. The number of phenols is 2. The third-order valence-electron chi connectivity index (χ3n) is 1.57. The van der Waals surface area contributed by atoms with E-state index in [0.29, 0.717) is 6.29 Å². The monoisotopic (exact) mass is 207 g/mol. The summed E-state index contributed by atoms with van der Waals surface area (Å²) in [6.45, 7) is 0. The first-order valence-electron chi connectivity index (χ1n) is 4.08. The van der Waals surface area contributed by atoms with E-state index in [2.05, 4.69) is 5.32 Å². The highest BCUT2D eigenvalue weighted by Crippen LogP contribution is 2.26. The van der Waals surface area contributed by atoms with Crippen LogP contribution in [0.25, 0.3) is 0 Å². The lowest BCUT2D eigenvalue weighted by molar-refractivity contribution is -0.112. The molecule has 0 saturated carbocycles. The van der Waals surface area contributed by atoms with Gasteiger partial charge in [-0.25, -0.2) is 0 Å². The van der Waals surface area contributed by atoms with E-state index in [1.165, 1.54) is 12.1 Å². The Morgan fingerprint density at radius 1 is 1.33 bits per heavy atom. The molecule has 1 aromatic rings. The molecule has 0 unspecified atom stereocenters. The largest absolute Gasteiger partial charge is 0.508 e. The van der Waals surface area contributed by atoms with Gasteiger partial charge >= 0.3 is 0 Å². The molecule has 0 spiro atoms. The average molecular weight is 207 g/mol. The number of aromatic hydroxyl groups is 2. The summed E-state index contributed by atoms with van der Waals surface area (Å²) in [6, 6.07) is 3.76. The number of hydrogen-bond donors (Lipinski definition) is 3. The molecule has 0 aromatic heterocycles. The molecule has 0 aliphatic heterocycles. The Bertz CT molecular complexity index is 412. The van der Waals surface area contributed by atoms with E-state index in [1.54, 1.807) is 0 Å². The van der Waals surface area contributed by atoms with Gasteiger partial charge in [0.1, 0.15) is 17.8 Å². The van der Waals surface area contributed by atoms with Crippen LogP contribution in [0, 0.1) is 0 Å². The third kappa shape index (κ3) is 3.15. The first-order valence-corrected chi connectivity index (χ1v) is 4.08. The summed E-state index contributed by atoms with van der Waals surface area (Å²) in [7, 11) is 0. The van der Waals surface area contributed by atoms with Crippen LogP contribution in [0.5, 0.6) is 11.5 Å². The number of phenolic OH excluding ortho intramolecular Hbond substituents is 2. The summed E-state index contributed by atoms with van der Waals surface area (Å²) in [5.74, 6) is -0.889. The molecule has 0 bridgehead atoms. The van der Waals surface area contributed by atoms with E-state index in [1.807, 2.05) is 0 Å². The van der Waals surface area contributed by atoms with Crippen LogP contribution in [-0.4, -0.2) is 22.4 Å². The number of anilines is 1. The molecule has 5 heteroatoms. The van der Waals surface area contributed by atoms with Crippen LogP contribution in [0.3, 0.4) is 0 Å². The van der Waals surface area contributed by atoms with Gasteiger partial charge in [0.2, 0.25) is 5.91 Å². The first-order chi connectivity index (χ1) is 7.13. The highest BCUT2D eigenvalue weighted by molar-refractivity contribution is 6.01. The van der Waals surface area contributed by atoms with Gasteiger partial charge in [-0.3, -0.25) is 9.59 Å². The highest BCUT2D eigenvalue weighted by Gasteiger charge is 2.03. The lowest BCUT2D eigenvalue weighted by Gasteiger charge is -2.04. The molecule has 0 saturated heterocycles. The van der Waals surface area contributed by atoms with Crippen molar-refractivity contribution < 1.29 is 19.8 Å². The predicted molar refractivity (Wildman–Crippen MR) is 53.6 cm³/mol. The number of benzene rings is 1. The second kappa shape index (κ2) is 4.80. The van der Waals surface area contributed by atoms with Gasteiger partial charge in [-0.1, -0.05) is 0 Å². The van der Waals surface area contributed by atoms with E-state index in [4.69, 9.17) is 5.11 Å². The van der Waals surface area contributed by atoms with E-state index in [0.717, 1.165) is 18.2 Å². The fraction of sp³-hybridized carbons (Fsp3) is 0. The second-order valence-corrected chi connectivity index (χ2v) is 2.69. The van der Waals surface area contributed by atoms with Crippen molar-refractivity contribution in [2.75, 3.05) is 5.32 Å². The molecular weight excluding hydrogens is 198 g/mol. The van der Waals surface area contributed by atoms with Gasteiger partial charge in [0.15, 0.2) is 0 Å². The fourth-order valence-corrected chi connectivity index (χ4v) is 0.927. The number of aldehydes is 1. The van der Waals surface area contributed by atoms with Gasteiger partial charge in [0.25, 0.3) is 0 Å². The molecule has 1 aromatic carbocycles. The molecule has 3 N–H and O–H groups in total. The maximum Gasteiger partial charge on any atom is 0.248 e. The Labute approximate surface area is 85.7 Å². The number of nitrogens with one attached hydrogen (secondary N) is 1. The average Bonchev–Trinajstić information content (AvgIpc) is 2.19. The first kappa shape index (κ1) is 10.8. The van der Waals surface area contributed by atoms with Gasteiger partial charge in [-0.15, -0.1) is 0 Å². The molecule has 0 fully saturated rings. The molecule has 78 valence electrons. The van der Waals surface area contributed by atoms with Crippen molar-refractivity contribution in [3.8, 4) is 11.5 Å². The van der Waals surface area contributed by atoms with E-state index in [9.17, 15) is 14.7 Å². The quantitative estimate of drug-likeness (QED) is 0.296. The lowest BCUT2D eigenvalue weighted by Crippen LogP contribution is -2.07. The Morgan fingerprint density at radius 3 is 2.67 bits per heavy atom. The zero-order chi connectivity index (χ0) is 11.3. The van der Waals surface area contributed by atoms with Gasteiger partial charge in [-0.2, -0.15) is 0 Å². The van der Waals surface area contributed by atoms with Crippen LogP contribution in [0.2, 0.25) is 0 Å². The molecule has 0 atom stereocenters. The van der Waals surface area contributed by atoms with Crippen molar-refractivity contribution in [2.24, 2.45) is 0 Å². The van der Waals surface area contributed by atoms with Crippen molar-refractivity contribution in [3.05, 3.63) is 30.4 Å². The minimum absolute atomic E-state index is 0.103. The van der Waals surface area contributed by atoms with Crippen molar-refractivity contribution >= 4 is 17.9 Å². The second-order valence-electron chi connectivity index (χ2n) is 2.69. The van der Waals surface area contributed by atoms with Crippen LogP contribution in [0.15, 0.2) is 30.4 Å². The summed E-state index contributed by atoms with van der Waals surface area (Å²) in [5, 5.41) is 20.6. The molecular formula is C10H9NO4. The molecule has 5 nitrogen and oxygen atoms in total. The lowest BCUT2D eigenvalue weighted by atomic mass is 10.2. The van der Waals surface area contributed by atoms with Crippen LogP contribution >= 0.6 is 0 Å². The van der Waals surface area contributed by atoms with Crippen molar-refractivity contribution in [2.45, 2.75) is 0 Å². The molecule has 15 heavy (non-hydrogen) atoms. The summed E-state index contributed by atoms with van der Waals surface area (Å²) in [4.78, 5) is 21.0. The number of carbonyl (C=O) groups is 2. The standard InChI is InChI=1S/C10H9NO4/c12-5-1-2-10(15)11-8-4-3-7(13)6-9(8)14/h1-6,13-14H,(H,11,15)/b2-1-. The Kier molecular flexibility index (Phi) is 3.45. The highest BCUT2D eigenvalue weighted by atomic mass is 16.3. The van der Waals surface area contributed by atoms with E-state index in [-0.39, 0.29) is 17.2 Å². The van der Waals surface area contributed by atoms with Crippen LogP contribution in [0.4, 0.5) is 5.69 Å². The van der Waals surface area contributed by atoms with Crippen LogP contribution < -0.4 is 5.32 Å². The Balaban J connectivity index is 2.76. The number of carbonyl (C=O) groups excluding carboxylic acids is 2. The van der Waals surface area contributed by atoms with Crippen LogP contribution in [-0.2, 0) is 9.59 Å². The van der Waals surface area contributed by atoms with E-state index < -0.39 is 5.91 Å². The van der Waals surface area contributed by atoms with Gasteiger partial charge < -0.3 is 15.5 Å². The summed E-state index contributed by atoms with van der Waals surface area (Å²) in [5.41, 5.74) is 0.161. The predicted octanol–water partition coefficient (Wildman–Crippen LogP) is 0.791. The van der Waals surface area contributed by atoms with Gasteiger partial charge in [-0.05, 0) is 18.2 Å². The third-order valence-corrected chi connectivity index (χ3v) is 1.57. The topological polar surface area (TPSA) is 86.6 Å². The number of allylic oxidation sites excluding steroid dienone is 1. The summed E-state index contributed by atoms with van der Waals surface area (Å²) < 4.78 is 0. The van der Waals surface area contributed by atoms with Crippen molar-refractivity contribution in [1.29, 1.82) is 0 Å². The maximum absolute atomic E-state index is 11.1. The summed E-state index contributed by atoms with van der Waals surface area (Å²) >= 11 is 0. The SMILES string of the molecule is O=C/C=C\C(=O)Nc1ccc(O)cc1O. The molecule has 0 heterocycles. The minimum Gasteiger partial charge on any atom is -0.508 e. The normalized spacial score (nSPS) is 10.1. The summed E-state index contributed by atoms with van der Waals surface area (Å²) in [6.07, 6.45) is 2.53. The van der Waals surface area contributed by atoms with E-state index >= 15 is 0 Å². The van der Waals surface area contributed by atoms with Gasteiger partial charge in [0, 0.05) is 12.1 Å².